The maximum atomic E-state index is 9.54. The molecular formula is C2H9NO4S. The minimum absolute atomic E-state index is 0. The predicted octanol–water partition coefficient (Wildman–Crippen LogP) is -0.706. The maximum absolute atomic E-state index is 9.54. The average Bonchev–Trinajstić information content (AvgIpc) is 1.61. The van der Waals surface area contributed by atoms with Crippen LogP contribution in [0.1, 0.15) is 0 Å². The predicted molar refractivity (Wildman–Crippen MR) is 28.8 cm³/mol. The van der Waals surface area contributed by atoms with Gasteiger partial charge in [-0.1, -0.05) is 0 Å². The lowest BCUT2D eigenvalue weighted by atomic mass is 10.8. The SMILES string of the molecule is N.O=S(O)OCCO. The van der Waals surface area contributed by atoms with Crippen LogP contribution in [0.3, 0.4) is 0 Å². The summed E-state index contributed by atoms with van der Waals surface area (Å²) >= 11 is -2.23. The molecule has 8 heavy (non-hydrogen) atoms. The zero-order valence-corrected chi connectivity index (χ0v) is 5.06. The van der Waals surface area contributed by atoms with E-state index in [1.165, 1.54) is 0 Å². The molecule has 0 aromatic heterocycles. The molecule has 5 nitrogen and oxygen atoms in total. The van der Waals surface area contributed by atoms with Gasteiger partial charge in [0.05, 0.1) is 13.2 Å². The van der Waals surface area contributed by atoms with Crippen LogP contribution in [0.15, 0.2) is 0 Å². The molecule has 0 rings (SSSR count). The molecule has 6 heteroatoms. The molecule has 52 valence electrons. The molecule has 0 heterocycles. The third kappa shape index (κ3) is 9.37. The van der Waals surface area contributed by atoms with Crippen LogP contribution in [0.5, 0.6) is 0 Å². The number of hydrogen-bond donors (Lipinski definition) is 3. The Balaban J connectivity index is 0. The van der Waals surface area contributed by atoms with Crippen molar-refractivity contribution < 1.29 is 18.1 Å². The highest BCUT2D eigenvalue weighted by atomic mass is 32.2. The molecule has 0 aliphatic heterocycles. The van der Waals surface area contributed by atoms with E-state index in [9.17, 15) is 4.21 Å². The summed E-state index contributed by atoms with van der Waals surface area (Å²) in [5.41, 5.74) is 0. The molecule has 0 aliphatic carbocycles. The normalized spacial score (nSPS) is 12.2. The second kappa shape index (κ2) is 6.99. The molecule has 0 aliphatic rings. The summed E-state index contributed by atoms with van der Waals surface area (Å²) in [6.07, 6.45) is 0. The Kier molecular flexibility index (Phi) is 9.51. The van der Waals surface area contributed by atoms with E-state index < -0.39 is 11.4 Å². The Morgan fingerprint density at radius 3 is 2.25 bits per heavy atom. The van der Waals surface area contributed by atoms with Crippen molar-refractivity contribution in [2.45, 2.75) is 0 Å². The first kappa shape index (κ1) is 10.9. The van der Waals surface area contributed by atoms with Crippen molar-refractivity contribution in [3.05, 3.63) is 0 Å². The summed E-state index contributed by atoms with van der Waals surface area (Å²) in [6, 6.07) is 0. The van der Waals surface area contributed by atoms with Crippen LogP contribution in [-0.2, 0) is 15.5 Å². The van der Waals surface area contributed by atoms with Crippen LogP contribution >= 0.6 is 0 Å². The van der Waals surface area contributed by atoms with Gasteiger partial charge in [-0.25, -0.2) is 0 Å². The van der Waals surface area contributed by atoms with Gasteiger partial charge in [-0.2, -0.15) is 4.21 Å². The standard InChI is InChI=1S/C2H6O4S.H3N/c3-1-2-6-7(4)5;/h3H,1-2H2,(H,4,5);1H3. The highest BCUT2D eigenvalue weighted by Gasteiger charge is 1.87. The molecule has 1 atom stereocenters. The van der Waals surface area contributed by atoms with Gasteiger partial charge in [-0.3, -0.25) is 8.74 Å². The van der Waals surface area contributed by atoms with Crippen LogP contribution < -0.4 is 6.15 Å². The second-order valence-corrected chi connectivity index (χ2v) is 1.43. The number of rotatable bonds is 3. The van der Waals surface area contributed by atoms with E-state index in [4.69, 9.17) is 9.66 Å². The van der Waals surface area contributed by atoms with Crippen molar-refractivity contribution in [1.29, 1.82) is 0 Å². The van der Waals surface area contributed by atoms with Crippen LogP contribution in [0.4, 0.5) is 0 Å². The second-order valence-electron chi connectivity index (χ2n) is 0.763. The highest BCUT2D eigenvalue weighted by Crippen LogP contribution is 1.74. The number of hydrogen-bond acceptors (Lipinski definition) is 4. The Morgan fingerprint density at radius 2 is 2.12 bits per heavy atom. The van der Waals surface area contributed by atoms with Gasteiger partial charge in [0, 0.05) is 0 Å². The van der Waals surface area contributed by atoms with Crippen molar-refractivity contribution in [2.75, 3.05) is 13.2 Å². The van der Waals surface area contributed by atoms with Crippen molar-refractivity contribution >= 4 is 11.4 Å². The Morgan fingerprint density at radius 1 is 1.62 bits per heavy atom. The van der Waals surface area contributed by atoms with E-state index in [1.54, 1.807) is 0 Å². The van der Waals surface area contributed by atoms with Gasteiger partial charge < -0.3 is 11.3 Å². The van der Waals surface area contributed by atoms with Crippen molar-refractivity contribution in [2.24, 2.45) is 0 Å². The van der Waals surface area contributed by atoms with Gasteiger partial charge in [-0.05, 0) is 0 Å². The molecular weight excluding hydrogens is 134 g/mol. The van der Waals surface area contributed by atoms with Crippen LogP contribution in [0.2, 0.25) is 0 Å². The van der Waals surface area contributed by atoms with E-state index in [-0.39, 0.29) is 19.4 Å². The smallest absolute Gasteiger partial charge is 0.301 e. The zero-order valence-electron chi connectivity index (χ0n) is 4.24. The monoisotopic (exact) mass is 143 g/mol. The molecule has 1 unspecified atom stereocenters. The summed E-state index contributed by atoms with van der Waals surface area (Å²) in [5, 5.41) is 7.94. The number of aliphatic hydroxyl groups excluding tert-OH is 1. The molecule has 0 aromatic rings. The minimum Gasteiger partial charge on any atom is -0.394 e. The van der Waals surface area contributed by atoms with Crippen LogP contribution in [0.25, 0.3) is 0 Å². The average molecular weight is 143 g/mol. The summed E-state index contributed by atoms with van der Waals surface area (Å²) < 4.78 is 21.3. The van der Waals surface area contributed by atoms with E-state index >= 15 is 0 Å². The minimum atomic E-state index is -2.23. The topological polar surface area (TPSA) is 102 Å². The van der Waals surface area contributed by atoms with Gasteiger partial charge >= 0.3 is 11.4 Å². The van der Waals surface area contributed by atoms with Gasteiger partial charge in [0.25, 0.3) is 0 Å². The van der Waals surface area contributed by atoms with E-state index in [1.807, 2.05) is 0 Å². The lowest BCUT2D eigenvalue weighted by Crippen LogP contribution is -2.00. The summed E-state index contributed by atoms with van der Waals surface area (Å²) in [6.45, 7) is -0.324. The van der Waals surface area contributed by atoms with Gasteiger partial charge in [0.2, 0.25) is 0 Å². The van der Waals surface area contributed by atoms with Crippen molar-refractivity contribution in [3.63, 3.8) is 0 Å². The van der Waals surface area contributed by atoms with Crippen molar-refractivity contribution in [1.82, 2.24) is 6.15 Å². The summed E-state index contributed by atoms with van der Waals surface area (Å²) in [4.78, 5) is 0. The largest absolute Gasteiger partial charge is 0.394 e. The molecule has 0 bridgehead atoms. The first-order valence-corrected chi connectivity index (χ1v) is 2.65. The van der Waals surface area contributed by atoms with Crippen LogP contribution in [-0.4, -0.2) is 27.1 Å². The third-order valence-corrected chi connectivity index (χ3v) is 0.644. The fourth-order valence-corrected chi connectivity index (χ4v) is 0.326. The fraction of sp³-hybridized carbons (Fsp3) is 1.00. The van der Waals surface area contributed by atoms with E-state index in [2.05, 4.69) is 4.18 Å². The Labute approximate surface area is 49.7 Å². The quantitative estimate of drug-likeness (QED) is 0.453. The van der Waals surface area contributed by atoms with Crippen molar-refractivity contribution in [3.8, 4) is 0 Å². The first-order chi connectivity index (χ1) is 3.27. The van der Waals surface area contributed by atoms with E-state index in [0.717, 1.165) is 0 Å². The lowest BCUT2D eigenvalue weighted by Gasteiger charge is -1.89. The van der Waals surface area contributed by atoms with Gasteiger partial charge in [0.1, 0.15) is 0 Å². The van der Waals surface area contributed by atoms with Gasteiger partial charge in [0.15, 0.2) is 0 Å². The first-order valence-electron chi connectivity index (χ1n) is 1.62. The summed E-state index contributed by atoms with van der Waals surface area (Å²) in [5.74, 6) is 0. The summed E-state index contributed by atoms with van der Waals surface area (Å²) in [7, 11) is 0. The molecule has 5 N–H and O–H groups in total. The van der Waals surface area contributed by atoms with E-state index in [0.29, 0.717) is 0 Å². The molecule has 0 saturated carbocycles. The van der Waals surface area contributed by atoms with Gasteiger partial charge in [-0.15, -0.1) is 0 Å². The lowest BCUT2D eigenvalue weighted by molar-refractivity contribution is 0.202. The third-order valence-electron chi connectivity index (χ3n) is 0.275. The molecule has 0 spiro atoms. The molecule has 0 amide bonds. The zero-order chi connectivity index (χ0) is 5.70. The Bertz CT molecular complexity index is 67.1. The maximum Gasteiger partial charge on any atom is 0.301 e. The Hall–Kier alpha value is -0.0100. The molecule has 0 aromatic carbocycles. The van der Waals surface area contributed by atoms with Crippen LogP contribution in [0, 0.1) is 0 Å². The highest BCUT2D eigenvalue weighted by molar-refractivity contribution is 7.74. The molecule has 0 radical (unpaired) electrons. The fourth-order valence-electron chi connectivity index (χ4n) is 0.109. The molecule has 0 fully saturated rings. The molecule has 0 saturated heterocycles. The number of aliphatic hydroxyl groups is 1.